The summed E-state index contributed by atoms with van der Waals surface area (Å²) in [6.45, 7) is 8.27. The third-order valence-electron chi connectivity index (χ3n) is 5.66. The number of nitrogens with one attached hydrogen (secondary N) is 1. The fourth-order valence-corrected chi connectivity index (χ4v) is 4.24. The Labute approximate surface area is 189 Å². The van der Waals surface area contributed by atoms with E-state index in [4.69, 9.17) is 9.84 Å². The van der Waals surface area contributed by atoms with Crippen LogP contribution in [-0.2, 0) is 16.6 Å². The van der Waals surface area contributed by atoms with Crippen LogP contribution in [0.4, 0.5) is 5.82 Å². The summed E-state index contributed by atoms with van der Waals surface area (Å²) in [5.41, 5.74) is 7.74. The van der Waals surface area contributed by atoms with Crippen LogP contribution >= 0.6 is 12.4 Å². The van der Waals surface area contributed by atoms with Crippen molar-refractivity contribution in [2.45, 2.75) is 33.6 Å². The van der Waals surface area contributed by atoms with E-state index in [1.54, 1.807) is 0 Å². The number of anilines is 1. The van der Waals surface area contributed by atoms with Crippen LogP contribution in [0.25, 0.3) is 11.3 Å². The molecule has 2 aromatic carbocycles. The highest BCUT2D eigenvalue weighted by atomic mass is 35.5. The van der Waals surface area contributed by atoms with E-state index in [9.17, 15) is 4.79 Å². The Morgan fingerprint density at radius 3 is 2.52 bits per heavy atom. The van der Waals surface area contributed by atoms with Crippen LogP contribution in [0, 0.1) is 13.8 Å². The van der Waals surface area contributed by atoms with Crippen molar-refractivity contribution < 1.29 is 9.53 Å². The first-order valence-electron chi connectivity index (χ1n) is 10.3. The largest absolute Gasteiger partial charge is 0.463 e. The molecule has 1 N–H and O–H groups in total. The maximum absolute atomic E-state index is 13.1. The van der Waals surface area contributed by atoms with Gasteiger partial charge in [-0.05, 0) is 38.8 Å². The number of hydrogen-bond acceptors (Lipinski definition) is 4. The van der Waals surface area contributed by atoms with E-state index in [-0.39, 0.29) is 24.3 Å². The zero-order valence-corrected chi connectivity index (χ0v) is 19.3. The van der Waals surface area contributed by atoms with Crippen molar-refractivity contribution in [1.82, 2.24) is 9.78 Å². The fraction of sp³-hybridized carbons (Fsp3) is 0.280. The number of ether oxygens (including phenoxy) is 1. The van der Waals surface area contributed by atoms with Crippen molar-refractivity contribution >= 4 is 24.2 Å². The van der Waals surface area contributed by atoms with Crippen LogP contribution in [-0.4, -0.2) is 22.4 Å². The minimum absolute atomic E-state index is 0. The Bertz CT molecular complexity index is 1150. The topological polar surface area (TPSA) is 56.1 Å². The van der Waals surface area contributed by atoms with E-state index < -0.39 is 0 Å². The van der Waals surface area contributed by atoms with Crippen LogP contribution in [0.1, 0.15) is 42.0 Å². The Kier molecular flexibility index (Phi) is 6.56. The van der Waals surface area contributed by atoms with Crippen molar-refractivity contribution in [3.8, 4) is 11.3 Å². The van der Waals surface area contributed by atoms with Gasteiger partial charge in [-0.2, -0.15) is 5.10 Å². The van der Waals surface area contributed by atoms with E-state index in [1.165, 1.54) is 0 Å². The van der Waals surface area contributed by atoms with Crippen molar-refractivity contribution in [3.05, 3.63) is 82.1 Å². The average Bonchev–Trinajstić information content (AvgIpc) is 3.06. The molecule has 5 nitrogen and oxygen atoms in total. The van der Waals surface area contributed by atoms with Crippen molar-refractivity contribution in [2.24, 2.45) is 7.05 Å². The van der Waals surface area contributed by atoms with E-state index in [0.29, 0.717) is 12.2 Å². The van der Waals surface area contributed by atoms with Gasteiger partial charge in [0.25, 0.3) is 0 Å². The van der Waals surface area contributed by atoms with Gasteiger partial charge >= 0.3 is 5.97 Å². The lowest BCUT2D eigenvalue weighted by Crippen LogP contribution is -2.25. The zero-order valence-electron chi connectivity index (χ0n) is 18.5. The molecule has 0 saturated heterocycles. The molecule has 0 saturated carbocycles. The molecule has 31 heavy (non-hydrogen) atoms. The second-order valence-electron chi connectivity index (χ2n) is 7.78. The number of aromatic nitrogens is 2. The third kappa shape index (κ3) is 3.98. The molecule has 0 fully saturated rings. The summed E-state index contributed by atoms with van der Waals surface area (Å²) in [6.07, 6.45) is 0. The summed E-state index contributed by atoms with van der Waals surface area (Å²) < 4.78 is 7.34. The number of benzene rings is 2. The third-order valence-corrected chi connectivity index (χ3v) is 5.66. The number of nitrogens with zero attached hydrogens (tertiary/aromatic N) is 2. The quantitative estimate of drug-likeness (QED) is 0.546. The van der Waals surface area contributed by atoms with Gasteiger partial charge in [-0.25, -0.2) is 4.79 Å². The van der Waals surface area contributed by atoms with Crippen LogP contribution in [0.2, 0.25) is 0 Å². The molecule has 3 aromatic rings. The normalized spacial score (nSPS) is 15.1. The molecule has 0 bridgehead atoms. The lowest BCUT2D eigenvalue weighted by molar-refractivity contribution is -0.138. The van der Waals surface area contributed by atoms with E-state index >= 15 is 0 Å². The summed E-state index contributed by atoms with van der Waals surface area (Å²) >= 11 is 0. The standard InChI is InChI=1S/C25H27N3O2.ClH/c1-6-30-25(29)20-17(4)26-24-22(21(20)19-14-15(2)12-13-16(19)3)23(27-28(24)5)18-10-8-7-9-11-18;/h7-14,21,26H,6H2,1-5H3;1H. The average molecular weight is 438 g/mol. The van der Waals surface area contributed by atoms with E-state index in [1.807, 2.05) is 43.8 Å². The van der Waals surface area contributed by atoms with Gasteiger partial charge in [0.05, 0.1) is 17.9 Å². The summed E-state index contributed by atoms with van der Waals surface area (Å²) in [6, 6.07) is 16.5. The first kappa shape index (κ1) is 22.6. The summed E-state index contributed by atoms with van der Waals surface area (Å²) in [5, 5.41) is 8.26. The van der Waals surface area contributed by atoms with Crippen molar-refractivity contribution in [2.75, 3.05) is 11.9 Å². The Morgan fingerprint density at radius 2 is 1.84 bits per heavy atom. The Hall–Kier alpha value is -3.05. The number of rotatable bonds is 4. The molecule has 4 rings (SSSR count). The Morgan fingerprint density at radius 1 is 1.13 bits per heavy atom. The highest BCUT2D eigenvalue weighted by Crippen LogP contribution is 2.47. The Balaban J connectivity index is 0.00000272. The number of aryl methyl sites for hydroxylation is 3. The van der Waals surface area contributed by atoms with E-state index in [2.05, 4.69) is 49.5 Å². The minimum atomic E-state index is -0.290. The molecule has 162 valence electrons. The lowest BCUT2D eigenvalue weighted by Gasteiger charge is -2.30. The maximum Gasteiger partial charge on any atom is 0.336 e. The molecule has 1 unspecified atom stereocenters. The van der Waals surface area contributed by atoms with Crippen LogP contribution in [0.15, 0.2) is 59.8 Å². The number of carbonyl (C=O) groups excluding carboxylic acids is 1. The number of allylic oxidation sites excluding steroid dienone is 1. The van der Waals surface area contributed by atoms with Gasteiger partial charge in [-0.15, -0.1) is 12.4 Å². The number of hydrogen-bond donors (Lipinski definition) is 1. The SMILES string of the molecule is CCOC(=O)C1=C(C)Nc2c(c(-c3ccccc3)nn2C)C1c1cc(C)ccc1C.Cl. The van der Waals surface area contributed by atoms with Crippen molar-refractivity contribution in [1.29, 1.82) is 0 Å². The molecule has 1 aliphatic rings. The van der Waals surface area contributed by atoms with Gasteiger partial charge < -0.3 is 10.1 Å². The zero-order chi connectivity index (χ0) is 21.4. The summed E-state index contributed by atoms with van der Waals surface area (Å²) in [5.74, 6) is 0.358. The second-order valence-corrected chi connectivity index (χ2v) is 7.78. The maximum atomic E-state index is 13.1. The first-order chi connectivity index (χ1) is 14.4. The molecule has 1 aliphatic heterocycles. The van der Waals surface area contributed by atoms with Crippen LogP contribution in [0.5, 0.6) is 0 Å². The molecular formula is C25H28ClN3O2. The predicted molar refractivity (Wildman–Crippen MR) is 127 cm³/mol. The highest BCUT2D eigenvalue weighted by molar-refractivity contribution is 5.96. The van der Waals surface area contributed by atoms with Crippen molar-refractivity contribution in [3.63, 3.8) is 0 Å². The molecule has 0 spiro atoms. The molecule has 0 amide bonds. The number of fused-ring (bicyclic) bond motifs is 1. The van der Waals surface area contributed by atoms with Gasteiger partial charge in [0.15, 0.2) is 0 Å². The monoisotopic (exact) mass is 437 g/mol. The van der Waals surface area contributed by atoms with Gasteiger partial charge in [-0.3, -0.25) is 4.68 Å². The predicted octanol–water partition coefficient (Wildman–Crippen LogP) is 5.52. The number of halogens is 1. The molecule has 1 atom stereocenters. The molecule has 1 aromatic heterocycles. The van der Waals surface area contributed by atoms with Gasteiger partial charge in [0.1, 0.15) is 5.82 Å². The number of carbonyl (C=O) groups is 1. The highest BCUT2D eigenvalue weighted by Gasteiger charge is 2.38. The molecular weight excluding hydrogens is 410 g/mol. The van der Waals surface area contributed by atoms with Gasteiger partial charge in [0, 0.05) is 29.8 Å². The number of esters is 1. The minimum Gasteiger partial charge on any atom is -0.463 e. The first-order valence-corrected chi connectivity index (χ1v) is 10.3. The second kappa shape index (κ2) is 8.98. The lowest BCUT2D eigenvalue weighted by atomic mass is 9.78. The van der Waals surface area contributed by atoms with E-state index in [0.717, 1.165) is 45.0 Å². The molecule has 0 aliphatic carbocycles. The van der Waals surface area contributed by atoms with Crippen LogP contribution < -0.4 is 5.32 Å². The van der Waals surface area contributed by atoms with Crippen LogP contribution in [0.3, 0.4) is 0 Å². The fourth-order valence-electron chi connectivity index (χ4n) is 4.24. The smallest absolute Gasteiger partial charge is 0.336 e. The molecule has 6 heteroatoms. The van der Waals surface area contributed by atoms with Gasteiger partial charge in [-0.1, -0.05) is 54.1 Å². The van der Waals surface area contributed by atoms with Gasteiger partial charge in [0.2, 0.25) is 0 Å². The molecule has 2 heterocycles. The molecule has 0 radical (unpaired) electrons. The summed E-state index contributed by atoms with van der Waals surface area (Å²) in [4.78, 5) is 13.1. The summed E-state index contributed by atoms with van der Waals surface area (Å²) in [7, 11) is 1.93.